The maximum atomic E-state index is 11.8. The van der Waals surface area contributed by atoms with Crippen molar-refractivity contribution in [3.63, 3.8) is 0 Å². The zero-order chi connectivity index (χ0) is 15.8. The number of aliphatic imine (C=N–C) groups is 1. The highest BCUT2D eigenvalue weighted by molar-refractivity contribution is 6.04. The lowest BCUT2D eigenvalue weighted by atomic mass is 10.1. The third-order valence-corrected chi connectivity index (χ3v) is 3.30. The Labute approximate surface area is 130 Å². The lowest BCUT2D eigenvalue weighted by molar-refractivity contribution is -0.120. The second-order valence-electron chi connectivity index (χ2n) is 5.49. The maximum Gasteiger partial charge on any atom is 0.433 e. The van der Waals surface area contributed by atoms with E-state index < -0.39 is 6.09 Å². The Balaban J connectivity index is 1.83. The number of nitrogens with one attached hydrogen (secondary N) is 1. The van der Waals surface area contributed by atoms with Gasteiger partial charge in [-0.2, -0.15) is 4.99 Å². The molecule has 2 rings (SSSR count). The van der Waals surface area contributed by atoms with Crippen molar-refractivity contribution in [2.45, 2.75) is 51.7 Å². The molecule has 1 saturated carbocycles. The predicted octanol–water partition coefficient (Wildman–Crippen LogP) is 3.23. The van der Waals surface area contributed by atoms with Gasteiger partial charge in [0.05, 0.1) is 6.42 Å². The van der Waals surface area contributed by atoms with Crippen LogP contribution in [-0.4, -0.2) is 23.8 Å². The van der Waals surface area contributed by atoms with Gasteiger partial charge in [0, 0.05) is 11.8 Å². The molecule has 2 amide bonds. The second kappa shape index (κ2) is 8.32. The highest BCUT2D eigenvalue weighted by Crippen LogP contribution is 2.18. The molecule has 0 saturated heterocycles. The number of hydrogen-bond donors (Lipinski definition) is 1. The van der Waals surface area contributed by atoms with Crippen LogP contribution in [0, 0.1) is 0 Å². The average molecular weight is 302 g/mol. The van der Waals surface area contributed by atoms with Crippen LogP contribution in [0.4, 0.5) is 4.79 Å². The van der Waals surface area contributed by atoms with Crippen LogP contribution in [0.3, 0.4) is 0 Å². The predicted molar refractivity (Wildman–Crippen MR) is 84.8 cm³/mol. The molecule has 1 aliphatic carbocycles. The number of benzene rings is 1. The molecule has 0 aliphatic heterocycles. The Morgan fingerprint density at radius 3 is 2.64 bits per heavy atom. The number of nitrogens with zero attached hydrogens (tertiary/aromatic N) is 1. The Morgan fingerprint density at radius 2 is 2.00 bits per heavy atom. The highest BCUT2D eigenvalue weighted by Gasteiger charge is 2.23. The topological polar surface area (TPSA) is 67.8 Å². The third kappa shape index (κ3) is 6.08. The van der Waals surface area contributed by atoms with Crippen molar-refractivity contribution in [2.75, 3.05) is 0 Å². The van der Waals surface area contributed by atoms with Crippen molar-refractivity contribution in [1.82, 2.24) is 5.32 Å². The van der Waals surface area contributed by atoms with E-state index in [9.17, 15) is 9.59 Å². The minimum Gasteiger partial charge on any atom is -0.443 e. The zero-order valence-electron chi connectivity index (χ0n) is 12.9. The van der Waals surface area contributed by atoms with Gasteiger partial charge in [-0.15, -0.1) is 0 Å². The second-order valence-corrected chi connectivity index (χ2v) is 5.49. The van der Waals surface area contributed by atoms with Crippen molar-refractivity contribution in [3.05, 3.63) is 35.9 Å². The van der Waals surface area contributed by atoms with Gasteiger partial charge in [0.25, 0.3) is 0 Å². The smallest absolute Gasteiger partial charge is 0.433 e. The van der Waals surface area contributed by atoms with Gasteiger partial charge < -0.3 is 10.1 Å². The van der Waals surface area contributed by atoms with Gasteiger partial charge >= 0.3 is 6.09 Å². The maximum absolute atomic E-state index is 11.8. The normalized spacial score (nSPS) is 14.5. The van der Waals surface area contributed by atoms with E-state index in [0.29, 0.717) is 18.2 Å². The Morgan fingerprint density at radius 1 is 1.27 bits per heavy atom. The number of hydrogen-bond acceptors (Lipinski definition) is 3. The molecule has 1 fully saturated rings. The van der Waals surface area contributed by atoms with Crippen molar-refractivity contribution < 1.29 is 14.3 Å². The van der Waals surface area contributed by atoms with Crippen molar-refractivity contribution in [1.29, 1.82) is 0 Å². The summed E-state index contributed by atoms with van der Waals surface area (Å²) in [5.41, 5.74) is 1.49. The summed E-state index contributed by atoms with van der Waals surface area (Å²) in [5, 5.41) is 2.90. The minimum atomic E-state index is -0.633. The van der Waals surface area contributed by atoms with Gasteiger partial charge in [-0.25, -0.2) is 4.79 Å². The lowest BCUT2D eigenvalue weighted by Crippen LogP contribution is -2.27. The lowest BCUT2D eigenvalue weighted by Gasteiger charge is -2.07. The summed E-state index contributed by atoms with van der Waals surface area (Å²) < 4.78 is 5.12. The van der Waals surface area contributed by atoms with Gasteiger partial charge in [-0.3, -0.25) is 4.79 Å². The van der Waals surface area contributed by atoms with Crippen molar-refractivity contribution >= 4 is 17.7 Å². The molecule has 0 unspecified atom stereocenters. The fourth-order valence-electron chi connectivity index (χ4n) is 2.04. The van der Waals surface area contributed by atoms with Gasteiger partial charge in [0.15, 0.2) is 0 Å². The van der Waals surface area contributed by atoms with E-state index in [1.807, 2.05) is 37.3 Å². The molecule has 1 N–H and O–H groups in total. The fraction of sp³-hybridized carbons (Fsp3) is 0.471. The van der Waals surface area contributed by atoms with Gasteiger partial charge in [-0.1, -0.05) is 43.7 Å². The number of carbonyl (C=O) groups excluding carboxylic acids is 2. The van der Waals surface area contributed by atoms with Crippen LogP contribution in [0.5, 0.6) is 0 Å². The first-order chi connectivity index (χ1) is 10.7. The molecule has 0 radical (unpaired) electrons. The number of amides is 2. The van der Waals surface area contributed by atoms with Crippen LogP contribution in [0.2, 0.25) is 0 Å². The molecule has 1 aromatic carbocycles. The summed E-state index contributed by atoms with van der Waals surface area (Å²) in [5.74, 6) is -0.0643. The minimum absolute atomic E-state index is 0.0643. The monoisotopic (exact) mass is 302 g/mol. The fourth-order valence-corrected chi connectivity index (χ4v) is 2.04. The Kier molecular flexibility index (Phi) is 6.13. The third-order valence-electron chi connectivity index (χ3n) is 3.30. The highest BCUT2D eigenvalue weighted by atomic mass is 16.5. The molecule has 22 heavy (non-hydrogen) atoms. The summed E-state index contributed by atoms with van der Waals surface area (Å²) in [6.45, 7) is 2.18. The molecular weight excluding hydrogens is 280 g/mol. The molecule has 5 heteroatoms. The first-order valence-corrected chi connectivity index (χ1v) is 7.74. The Hall–Kier alpha value is -2.17. The van der Waals surface area contributed by atoms with Crippen LogP contribution < -0.4 is 5.32 Å². The van der Waals surface area contributed by atoms with Crippen LogP contribution in [0.25, 0.3) is 0 Å². The van der Waals surface area contributed by atoms with Gasteiger partial charge in [0.2, 0.25) is 5.91 Å². The molecule has 0 aromatic heterocycles. The number of carbonyl (C=O) groups is 2. The molecule has 1 aliphatic rings. The first kappa shape index (κ1) is 16.2. The van der Waals surface area contributed by atoms with E-state index in [-0.39, 0.29) is 18.9 Å². The van der Waals surface area contributed by atoms with E-state index in [4.69, 9.17) is 4.74 Å². The zero-order valence-corrected chi connectivity index (χ0v) is 12.9. The van der Waals surface area contributed by atoms with Crippen LogP contribution >= 0.6 is 0 Å². The summed E-state index contributed by atoms with van der Waals surface area (Å²) >= 11 is 0. The molecule has 5 nitrogen and oxygen atoms in total. The molecule has 0 atom stereocenters. The molecule has 0 spiro atoms. The SMILES string of the molecule is CCCC(CC(=O)NC1CC1)=NC(=O)OCc1ccccc1. The van der Waals surface area contributed by atoms with Crippen LogP contribution in [0.15, 0.2) is 35.3 Å². The summed E-state index contributed by atoms with van der Waals surface area (Å²) in [4.78, 5) is 27.5. The first-order valence-electron chi connectivity index (χ1n) is 7.74. The summed E-state index contributed by atoms with van der Waals surface area (Å²) in [6.07, 6.45) is 3.09. The van der Waals surface area contributed by atoms with E-state index in [2.05, 4.69) is 10.3 Å². The number of rotatable bonds is 7. The largest absolute Gasteiger partial charge is 0.443 e. The van der Waals surface area contributed by atoms with Crippen molar-refractivity contribution in [2.24, 2.45) is 4.99 Å². The molecule has 1 aromatic rings. The molecule has 118 valence electrons. The number of ether oxygens (including phenoxy) is 1. The van der Waals surface area contributed by atoms with Gasteiger partial charge in [0.1, 0.15) is 6.61 Å². The average Bonchev–Trinajstić information content (AvgIpc) is 3.30. The quantitative estimate of drug-likeness (QED) is 0.786. The van der Waals surface area contributed by atoms with Crippen LogP contribution in [-0.2, 0) is 16.1 Å². The van der Waals surface area contributed by atoms with Crippen molar-refractivity contribution in [3.8, 4) is 0 Å². The standard InChI is InChI=1S/C17H22N2O3/c1-2-6-15(11-16(20)18-14-9-10-14)19-17(21)22-12-13-7-4-3-5-8-13/h3-5,7-8,14H,2,6,9-12H2,1H3,(H,18,20). The molecular formula is C17H22N2O3. The summed E-state index contributed by atoms with van der Waals surface area (Å²) in [6, 6.07) is 9.76. The molecule has 0 heterocycles. The summed E-state index contributed by atoms with van der Waals surface area (Å²) in [7, 11) is 0. The van der Waals surface area contributed by atoms with E-state index in [0.717, 1.165) is 24.8 Å². The van der Waals surface area contributed by atoms with E-state index in [1.165, 1.54) is 0 Å². The molecule has 0 bridgehead atoms. The van der Waals surface area contributed by atoms with E-state index in [1.54, 1.807) is 0 Å². The Bertz CT molecular complexity index is 536. The van der Waals surface area contributed by atoms with E-state index >= 15 is 0 Å². The van der Waals surface area contributed by atoms with Gasteiger partial charge in [-0.05, 0) is 24.8 Å². The van der Waals surface area contributed by atoms with Crippen LogP contribution in [0.1, 0.15) is 44.6 Å².